The molecule has 0 saturated carbocycles. The third kappa shape index (κ3) is 9.12. The second-order valence-electron chi connectivity index (χ2n) is 11.1. The van der Waals surface area contributed by atoms with Crippen molar-refractivity contribution in [1.29, 1.82) is 0 Å². The SMILES string of the molecule is CCC(C)NC(=O)C(Cc1ccccc1)N(Cc1ccc(Cl)c(Cl)c1)C(=O)CN(c1ccc(Br)cc1)S(=O)(=O)c1ccc(C)cc1. The number of nitrogens with one attached hydrogen (secondary N) is 1. The van der Waals surface area contributed by atoms with Crippen molar-refractivity contribution >= 4 is 66.7 Å². The Morgan fingerprint density at radius 1 is 0.870 bits per heavy atom. The molecular formula is C35H36BrCl2N3O4S. The number of nitrogens with zero attached hydrogens (tertiary/aromatic N) is 2. The van der Waals surface area contributed by atoms with Crippen LogP contribution in [-0.2, 0) is 32.6 Å². The van der Waals surface area contributed by atoms with Crippen molar-refractivity contribution in [2.45, 2.75) is 57.1 Å². The van der Waals surface area contributed by atoms with Crippen LogP contribution in [0.3, 0.4) is 0 Å². The van der Waals surface area contributed by atoms with E-state index in [0.717, 1.165) is 19.9 Å². The van der Waals surface area contributed by atoms with Gasteiger partial charge in [-0.1, -0.05) is 100 Å². The van der Waals surface area contributed by atoms with Crippen LogP contribution in [0.15, 0.2) is 106 Å². The van der Waals surface area contributed by atoms with Gasteiger partial charge in [0.1, 0.15) is 12.6 Å². The highest BCUT2D eigenvalue weighted by Crippen LogP contribution is 2.28. The van der Waals surface area contributed by atoms with Crippen molar-refractivity contribution in [3.63, 3.8) is 0 Å². The number of carbonyl (C=O) groups is 2. The summed E-state index contributed by atoms with van der Waals surface area (Å²) in [6.07, 6.45) is 0.899. The minimum absolute atomic E-state index is 0.0140. The van der Waals surface area contributed by atoms with Crippen LogP contribution in [0.4, 0.5) is 5.69 Å². The van der Waals surface area contributed by atoms with Crippen molar-refractivity contribution in [2.24, 2.45) is 0 Å². The van der Waals surface area contributed by atoms with E-state index < -0.39 is 28.5 Å². The highest BCUT2D eigenvalue weighted by atomic mass is 79.9. The van der Waals surface area contributed by atoms with Gasteiger partial charge in [-0.3, -0.25) is 13.9 Å². The van der Waals surface area contributed by atoms with E-state index in [1.165, 1.54) is 17.0 Å². The molecule has 1 N–H and O–H groups in total. The van der Waals surface area contributed by atoms with Gasteiger partial charge >= 0.3 is 0 Å². The topological polar surface area (TPSA) is 86.8 Å². The van der Waals surface area contributed by atoms with Gasteiger partial charge in [0.2, 0.25) is 11.8 Å². The zero-order chi connectivity index (χ0) is 33.4. The number of hydrogen-bond acceptors (Lipinski definition) is 4. The van der Waals surface area contributed by atoms with Crippen LogP contribution in [-0.4, -0.2) is 43.8 Å². The van der Waals surface area contributed by atoms with E-state index in [1.54, 1.807) is 54.6 Å². The molecule has 7 nitrogen and oxygen atoms in total. The molecule has 0 aromatic heterocycles. The molecule has 0 radical (unpaired) electrons. The molecule has 0 bridgehead atoms. The highest BCUT2D eigenvalue weighted by Gasteiger charge is 2.35. The molecule has 0 heterocycles. The Morgan fingerprint density at radius 3 is 2.13 bits per heavy atom. The normalized spacial score (nSPS) is 12.7. The summed E-state index contributed by atoms with van der Waals surface area (Å²) in [6, 6.07) is 26.4. The number of halogens is 3. The second-order valence-corrected chi connectivity index (χ2v) is 14.7. The number of carbonyl (C=O) groups excluding carboxylic acids is 2. The van der Waals surface area contributed by atoms with Gasteiger partial charge < -0.3 is 10.2 Å². The van der Waals surface area contributed by atoms with Crippen LogP contribution in [0.5, 0.6) is 0 Å². The summed E-state index contributed by atoms with van der Waals surface area (Å²) in [5.74, 6) is -0.909. The fourth-order valence-electron chi connectivity index (χ4n) is 4.80. The van der Waals surface area contributed by atoms with E-state index in [2.05, 4.69) is 21.2 Å². The zero-order valence-electron chi connectivity index (χ0n) is 25.8. The third-order valence-corrected chi connectivity index (χ3v) is 10.7. The lowest BCUT2D eigenvalue weighted by atomic mass is 10.0. The van der Waals surface area contributed by atoms with Gasteiger partial charge in [-0.25, -0.2) is 8.42 Å². The maximum Gasteiger partial charge on any atom is 0.264 e. The molecule has 4 aromatic rings. The van der Waals surface area contributed by atoms with Gasteiger partial charge in [0.05, 0.1) is 20.6 Å². The van der Waals surface area contributed by atoms with Gasteiger partial charge in [0.15, 0.2) is 0 Å². The predicted octanol–water partition coefficient (Wildman–Crippen LogP) is 7.81. The highest BCUT2D eigenvalue weighted by molar-refractivity contribution is 9.10. The number of sulfonamides is 1. The van der Waals surface area contributed by atoms with Crippen molar-refractivity contribution in [3.8, 4) is 0 Å². The molecule has 242 valence electrons. The number of amides is 2. The quantitative estimate of drug-likeness (QED) is 0.151. The molecule has 46 heavy (non-hydrogen) atoms. The fraction of sp³-hybridized carbons (Fsp3) is 0.257. The molecule has 4 aromatic carbocycles. The minimum atomic E-state index is -4.19. The summed E-state index contributed by atoms with van der Waals surface area (Å²) < 4.78 is 30.1. The number of rotatable bonds is 13. The molecule has 0 aliphatic heterocycles. The first-order valence-corrected chi connectivity index (χ1v) is 17.8. The van der Waals surface area contributed by atoms with E-state index in [1.807, 2.05) is 51.1 Å². The monoisotopic (exact) mass is 743 g/mol. The summed E-state index contributed by atoms with van der Waals surface area (Å²) >= 11 is 15.9. The van der Waals surface area contributed by atoms with E-state index in [4.69, 9.17) is 23.2 Å². The standard InChI is InChI=1S/C35H36BrCl2N3O4S/c1-4-25(3)39-35(43)33(21-26-8-6-5-7-9-26)40(22-27-12-19-31(37)32(38)20-27)34(42)23-41(29-15-13-28(36)14-16-29)46(44,45)30-17-10-24(2)11-18-30/h5-20,25,33H,4,21-23H2,1-3H3,(H,39,43). The Labute approximate surface area is 289 Å². The maximum atomic E-state index is 14.5. The molecular weight excluding hydrogens is 709 g/mol. The van der Waals surface area contributed by atoms with Gasteiger partial charge in [-0.05, 0) is 79.9 Å². The van der Waals surface area contributed by atoms with Crippen LogP contribution in [0.25, 0.3) is 0 Å². The fourth-order valence-corrected chi connectivity index (χ4v) is 6.80. The van der Waals surface area contributed by atoms with Crippen molar-refractivity contribution in [3.05, 3.63) is 128 Å². The Kier molecular flexibility index (Phi) is 12.3. The predicted molar refractivity (Wildman–Crippen MR) is 189 cm³/mol. The van der Waals surface area contributed by atoms with Crippen LogP contribution < -0.4 is 9.62 Å². The zero-order valence-corrected chi connectivity index (χ0v) is 29.7. The molecule has 4 rings (SSSR count). The van der Waals surface area contributed by atoms with Gasteiger partial charge in [-0.2, -0.15) is 0 Å². The van der Waals surface area contributed by atoms with Crippen LogP contribution >= 0.6 is 39.1 Å². The second kappa shape index (κ2) is 16.0. The van der Waals surface area contributed by atoms with E-state index in [0.29, 0.717) is 27.7 Å². The first-order chi connectivity index (χ1) is 21.9. The van der Waals surface area contributed by atoms with Gasteiger partial charge in [0, 0.05) is 23.5 Å². The van der Waals surface area contributed by atoms with Crippen LogP contribution in [0.2, 0.25) is 10.0 Å². The van der Waals surface area contributed by atoms with E-state index >= 15 is 0 Å². The summed E-state index contributed by atoms with van der Waals surface area (Å²) in [5.41, 5.74) is 2.67. The first-order valence-electron chi connectivity index (χ1n) is 14.8. The average Bonchev–Trinajstić information content (AvgIpc) is 3.04. The van der Waals surface area contributed by atoms with Crippen LogP contribution in [0, 0.1) is 6.92 Å². The molecule has 0 saturated heterocycles. The molecule has 2 unspecified atom stereocenters. The number of anilines is 1. The van der Waals surface area contributed by atoms with Crippen molar-refractivity contribution in [2.75, 3.05) is 10.8 Å². The summed E-state index contributed by atoms with van der Waals surface area (Å²) in [5, 5.41) is 3.68. The minimum Gasteiger partial charge on any atom is -0.352 e. The largest absolute Gasteiger partial charge is 0.352 e. The third-order valence-electron chi connectivity index (χ3n) is 7.61. The maximum absolute atomic E-state index is 14.5. The van der Waals surface area contributed by atoms with Crippen LogP contribution in [0.1, 0.15) is 37.0 Å². The van der Waals surface area contributed by atoms with E-state index in [-0.39, 0.29) is 29.8 Å². The summed E-state index contributed by atoms with van der Waals surface area (Å²) in [4.78, 5) is 29.9. The Bertz CT molecular complexity index is 1760. The van der Waals surface area contributed by atoms with Crippen molar-refractivity contribution in [1.82, 2.24) is 10.2 Å². The summed E-state index contributed by atoms with van der Waals surface area (Å²) in [7, 11) is -4.19. The number of hydrogen-bond donors (Lipinski definition) is 1. The van der Waals surface area contributed by atoms with Gasteiger partial charge in [-0.15, -0.1) is 0 Å². The lowest BCUT2D eigenvalue weighted by Crippen LogP contribution is -2.54. The first kappa shape index (κ1) is 35.5. The number of benzene rings is 4. The molecule has 0 spiro atoms. The molecule has 2 atom stereocenters. The molecule has 0 fully saturated rings. The Morgan fingerprint density at radius 2 is 1.52 bits per heavy atom. The molecule has 11 heteroatoms. The summed E-state index contributed by atoms with van der Waals surface area (Å²) in [6.45, 7) is 5.15. The molecule has 0 aliphatic rings. The lowest BCUT2D eigenvalue weighted by Gasteiger charge is -2.34. The smallest absolute Gasteiger partial charge is 0.264 e. The lowest BCUT2D eigenvalue weighted by molar-refractivity contribution is -0.140. The average molecular weight is 746 g/mol. The molecule has 2 amide bonds. The molecule has 0 aliphatic carbocycles. The number of aryl methyl sites for hydroxylation is 1. The van der Waals surface area contributed by atoms with E-state index in [9.17, 15) is 18.0 Å². The Balaban J connectivity index is 1.82. The Hall–Kier alpha value is -3.37. The van der Waals surface area contributed by atoms with Crippen molar-refractivity contribution < 1.29 is 18.0 Å². The van der Waals surface area contributed by atoms with Gasteiger partial charge in [0.25, 0.3) is 10.0 Å².